The van der Waals surface area contributed by atoms with Crippen LogP contribution in [0.4, 0.5) is 10.5 Å². The van der Waals surface area contributed by atoms with Gasteiger partial charge in [0.15, 0.2) is 0 Å². The minimum Gasteiger partial charge on any atom is -0.377 e. The predicted molar refractivity (Wildman–Crippen MR) is 104 cm³/mol. The average Bonchev–Trinajstić information content (AvgIpc) is 3.12. The topological polar surface area (TPSA) is 101 Å². The largest absolute Gasteiger partial charge is 0.377 e. The third kappa shape index (κ3) is 2.73. The fraction of sp³-hybridized carbons (Fsp3) is 0.474. The molecule has 0 radical (unpaired) electrons. The zero-order valence-electron chi connectivity index (χ0n) is 16.0. The summed E-state index contributed by atoms with van der Waals surface area (Å²) in [6.45, 7) is 5.98. The zero-order valence-corrected chi connectivity index (χ0v) is 16.0. The molecule has 9 nitrogen and oxygen atoms in total. The fourth-order valence-corrected chi connectivity index (χ4v) is 3.86. The lowest BCUT2D eigenvalue weighted by Crippen LogP contribution is -2.52. The molecule has 2 aliphatic rings. The molecule has 5 rings (SSSR count). The van der Waals surface area contributed by atoms with Crippen LogP contribution >= 0.6 is 0 Å². The highest BCUT2D eigenvalue weighted by Crippen LogP contribution is 2.44. The van der Waals surface area contributed by atoms with Gasteiger partial charge >= 0.3 is 6.03 Å². The zero-order chi connectivity index (χ0) is 19.3. The minimum atomic E-state index is -0.118. The molecule has 0 bridgehead atoms. The van der Waals surface area contributed by atoms with E-state index in [9.17, 15) is 4.79 Å². The lowest BCUT2D eigenvalue weighted by atomic mass is 10.2. The van der Waals surface area contributed by atoms with Crippen molar-refractivity contribution in [3.63, 3.8) is 0 Å². The molecule has 2 N–H and O–H groups in total. The maximum absolute atomic E-state index is 12.9. The summed E-state index contributed by atoms with van der Waals surface area (Å²) in [5.74, 6) is 0. The second kappa shape index (κ2) is 6.30. The van der Waals surface area contributed by atoms with Crippen LogP contribution in [0.5, 0.6) is 0 Å². The van der Waals surface area contributed by atoms with E-state index in [0.717, 1.165) is 23.7 Å². The third-order valence-corrected chi connectivity index (χ3v) is 5.58. The number of urea groups is 1. The summed E-state index contributed by atoms with van der Waals surface area (Å²) < 4.78 is 7.52. The Morgan fingerprint density at radius 3 is 2.96 bits per heavy atom. The second-order valence-corrected chi connectivity index (χ2v) is 7.83. The quantitative estimate of drug-likeness (QED) is 0.726. The molecule has 1 saturated carbocycles. The van der Waals surface area contributed by atoms with E-state index in [4.69, 9.17) is 4.74 Å². The third-order valence-electron chi connectivity index (χ3n) is 5.58. The number of amides is 2. The van der Waals surface area contributed by atoms with E-state index < -0.39 is 0 Å². The molecule has 0 unspecified atom stereocenters. The molecule has 3 aromatic rings. The summed E-state index contributed by atoms with van der Waals surface area (Å²) in [7, 11) is 0. The van der Waals surface area contributed by atoms with Crippen molar-refractivity contribution in [3.8, 4) is 11.4 Å². The van der Waals surface area contributed by atoms with Gasteiger partial charge in [0.1, 0.15) is 5.69 Å². The standard InChI is InChI=1S/C19H23N7O2/c1-12(2)26-16-7-14(20-8-13(16)9-22-26)17-15(10-21-24-17)23-18(27)25-5-6-28-11-19(25)3-4-19/h7-10,12H,3-6,11H2,1-2H3,(H,21,24)(H,23,27). The number of carbonyl (C=O) groups is 1. The number of fused-ring (bicyclic) bond motifs is 1. The first-order chi connectivity index (χ1) is 13.6. The highest BCUT2D eigenvalue weighted by atomic mass is 16.5. The molecule has 3 aromatic heterocycles. The molecule has 9 heteroatoms. The number of pyridine rings is 1. The average molecular weight is 381 g/mol. The fourth-order valence-electron chi connectivity index (χ4n) is 3.86. The number of H-pyrrole nitrogens is 1. The number of anilines is 1. The van der Waals surface area contributed by atoms with Crippen LogP contribution in [0.15, 0.2) is 24.7 Å². The highest BCUT2D eigenvalue weighted by Gasteiger charge is 2.52. The van der Waals surface area contributed by atoms with Crippen molar-refractivity contribution in [1.82, 2.24) is 29.9 Å². The molecule has 0 atom stereocenters. The number of ether oxygens (including phenoxy) is 1. The van der Waals surface area contributed by atoms with E-state index >= 15 is 0 Å². The summed E-state index contributed by atoms with van der Waals surface area (Å²) in [5.41, 5.74) is 2.90. The van der Waals surface area contributed by atoms with Crippen LogP contribution < -0.4 is 5.32 Å². The van der Waals surface area contributed by atoms with Crippen LogP contribution in [0.3, 0.4) is 0 Å². The smallest absolute Gasteiger partial charge is 0.322 e. The van der Waals surface area contributed by atoms with Crippen molar-refractivity contribution < 1.29 is 9.53 Å². The van der Waals surface area contributed by atoms with Crippen LogP contribution in [0, 0.1) is 0 Å². The molecule has 4 heterocycles. The number of morpholine rings is 1. The minimum absolute atomic E-state index is 0.114. The number of nitrogens with one attached hydrogen (secondary N) is 2. The van der Waals surface area contributed by atoms with E-state index in [1.54, 1.807) is 12.4 Å². The molecule has 1 aliphatic carbocycles. The first-order valence-corrected chi connectivity index (χ1v) is 9.61. The molecule has 2 amide bonds. The monoisotopic (exact) mass is 381 g/mol. The van der Waals surface area contributed by atoms with E-state index in [2.05, 4.69) is 39.4 Å². The summed E-state index contributed by atoms with van der Waals surface area (Å²) in [5, 5.41) is 15.5. The van der Waals surface area contributed by atoms with Crippen molar-refractivity contribution in [2.24, 2.45) is 0 Å². The molecule has 146 valence electrons. The lowest BCUT2D eigenvalue weighted by molar-refractivity contribution is 0.00404. The number of carbonyl (C=O) groups excluding carboxylic acids is 1. The summed E-state index contributed by atoms with van der Waals surface area (Å²) in [4.78, 5) is 19.3. The molecule has 1 aliphatic heterocycles. The van der Waals surface area contributed by atoms with Gasteiger partial charge in [0.25, 0.3) is 0 Å². The Bertz CT molecular complexity index is 1030. The Balaban J connectivity index is 1.44. The van der Waals surface area contributed by atoms with Gasteiger partial charge in [-0.25, -0.2) is 4.79 Å². The highest BCUT2D eigenvalue weighted by molar-refractivity contribution is 5.94. The molecule has 1 spiro atoms. The van der Waals surface area contributed by atoms with Crippen LogP contribution in [0.25, 0.3) is 22.3 Å². The SMILES string of the molecule is CC(C)n1ncc2cnc(-c3[nH]ncc3NC(=O)N3CCOCC34CC4)cc21. The Labute approximate surface area is 162 Å². The van der Waals surface area contributed by atoms with Gasteiger partial charge in [0.05, 0.1) is 48.0 Å². The van der Waals surface area contributed by atoms with Gasteiger partial charge < -0.3 is 15.0 Å². The maximum atomic E-state index is 12.9. The van der Waals surface area contributed by atoms with Gasteiger partial charge in [-0.2, -0.15) is 10.2 Å². The number of aromatic amines is 1. The molecule has 28 heavy (non-hydrogen) atoms. The maximum Gasteiger partial charge on any atom is 0.322 e. The van der Waals surface area contributed by atoms with Crippen LogP contribution in [0.1, 0.15) is 32.7 Å². The summed E-state index contributed by atoms with van der Waals surface area (Å²) >= 11 is 0. The van der Waals surface area contributed by atoms with E-state index in [1.165, 1.54) is 0 Å². The van der Waals surface area contributed by atoms with Crippen molar-refractivity contribution in [3.05, 3.63) is 24.7 Å². The van der Waals surface area contributed by atoms with Gasteiger partial charge in [-0.3, -0.25) is 14.8 Å². The first kappa shape index (κ1) is 17.2. The predicted octanol–water partition coefficient (Wildman–Crippen LogP) is 2.80. The first-order valence-electron chi connectivity index (χ1n) is 9.61. The number of hydrogen-bond acceptors (Lipinski definition) is 5. The summed E-state index contributed by atoms with van der Waals surface area (Å²) in [6, 6.07) is 2.10. The van der Waals surface area contributed by atoms with Crippen LogP contribution in [0.2, 0.25) is 0 Å². The molecule has 2 fully saturated rings. The van der Waals surface area contributed by atoms with Gasteiger partial charge in [0.2, 0.25) is 0 Å². The van der Waals surface area contributed by atoms with Crippen molar-refractivity contribution in [2.45, 2.75) is 38.3 Å². The summed E-state index contributed by atoms with van der Waals surface area (Å²) in [6.07, 6.45) is 7.23. The van der Waals surface area contributed by atoms with E-state index in [1.807, 2.05) is 21.8 Å². The Hall–Kier alpha value is -2.94. The Morgan fingerprint density at radius 2 is 2.18 bits per heavy atom. The van der Waals surface area contributed by atoms with Gasteiger partial charge in [0, 0.05) is 24.2 Å². The molecular weight excluding hydrogens is 358 g/mol. The number of nitrogens with zero attached hydrogens (tertiary/aromatic N) is 5. The van der Waals surface area contributed by atoms with Crippen molar-refractivity contribution >= 4 is 22.6 Å². The van der Waals surface area contributed by atoms with Gasteiger partial charge in [-0.05, 0) is 32.8 Å². The van der Waals surface area contributed by atoms with Crippen molar-refractivity contribution in [2.75, 3.05) is 25.1 Å². The van der Waals surface area contributed by atoms with Gasteiger partial charge in [-0.15, -0.1) is 0 Å². The van der Waals surface area contributed by atoms with Crippen LogP contribution in [-0.4, -0.2) is 61.2 Å². The number of aromatic nitrogens is 5. The normalized spacial score (nSPS) is 18.2. The molecule has 0 aromatic carbocycles. The van der Waals surface area contributed by atoms with Crippen molar-refractivity contribution in [1.29, 1.82) is 0 Å². The molecule has 1 saturated heterocycles. The lowest BCUT2D eigenvalue weighted by Gasteiger charge is -2.35. The molecular formula is C19H23N7O2. The number of hydrogen-bond donors (Lipinski definition) is 2. The van der Waals surface area contributed by atoms with Gasteiger partial charge in [-0.1, -0.05) is 0 Å². The van der Waals surface area contributed by atoms with Crippen LogP contribution in [-0.2, 0) is 4.74 Å². The van der Waals surface area contributed by atoms with E-state index in [-0.39, 0.29) is 17.6 Å². The Morgan fingerprint density at radius 1 is 1.32 bits per heavy atom. The number of rotatable bonds is 3. The second-order valence-electron chi connectivity index (χ2n) is 7.83. The van der Waals surface area contributed by atoms with E-state index in [0.29, 0.717) is 36.8 Å². The Kier molecular flexibility index (Phi) is 3.87.